The summed E-state index contributed by atoms with van der Waals surface area (Å²) in [5.41, 5.74) is 6.43. The molecule has 0 heterocycles. The normalized spacial score (nSPS) is 15.4. The van der Waals surface area contributed by atoms with E-state index in [1.54, 1.807) is 0 Å². The number of anilines is 1. The first-order chi connectivity index (χ1) is 7.75. The van der Waals surface area contributed by atoms with E-state index in [9.17, 15) is 0 Å². The summed E-state index contributed by atoms with van der Waals surface area (Å²) >= 11 is 0. The van der Waals surface area contributed by atoms with Gasteiger partial charge >= 0.3 is 0 Å². The van der Waals surface area contributed by atoms with Crippen LogP contribution >= 0.6 is 0 Å². The molecule has 3 heteroatoms. The van der Waals surface area contributed by atoms with Crippen LogP contribution in [0.4, 0.5) is 5.69 Å². The summed E-state index contributed by atoms with van der Waals surface area (Å²) in [6.07, 6.45) is 3.81. The van der Waals surface area contributed by atoms with Crippen molar-refractivity contribution in [1.29, 1.82) is 0 Å². The molecule has 0 atom stereocenters. The second-order valence-corrected chi connectivity index (χ2v) is 4.49. The minimum atomic E-state index is 0.757. The minimum Gasteiger partial charge on any atom is -0.493 e. The maximum atomic E-state index is 5.67. The van der Waals surface area contributed by atoms with E-state index in [1.165, 1.54) is 12.8 Å². The lowest BCUT2D eigenvalue weighted by molar-refractivity contribution is 0.258. The second kappa shape index (κ2) is 5.21. The van der Waals surface area contributed by atoms with Gasteiger partial charge in [0.25, 0.3) is 0 Å². The third-order valence-electron chi connectivity index (χ3n) is 2.95. The van der Waals surface area contributed by atoms with Crippen LogP contribution in [-0.4, -0.2) is 31.1 Å². The van der Waals surface area contributed by atoms with Crippen molar-refractivity contribution in [3.63, 3.8) is 0 Å². The number of ether oxygens (including phenoxy) is 1. The molecule has 1 aromatic carbocycles. The highest BCUT2D eigenvalue weighted by atomic mass is 16.5. The van der Waals surface area contributed by atoms with Crippen LogP contribution in [0.2, 0.25) is 0 Å². The van der Waals surface area contributed by atoms with Crippen LogP contribution in [0, 0.1) is 0 Å². The van der Waals surface area contributed by atoms with Crippen LogP contribution < -0.4 is 10.5 Å². The Morgan fingerprint density at radius 3 is 2.94 bits per heavy atom. The Kier molecular flexibility index (Phi) is 3.67. The molecule has 0 spiro atoms. The smallest absolute Gasteiger partial charge is 0.121 e. The first-order valence-electron chi connectivity index (χ1n) is 5.94. The molecule has 1 aliphatic carbocycles. The van der Waals surface area contributed by atoms with E-state index in [0.717, 1.165) is 37.1 Å². The zero-order valence-electron chi connectivity index (χ0n) is 9.86. The SMILES string of the molecule is CN(CCCOc1cccc(N)c1)C1CC1. The van der Waals surface area contributed by atoms with Gasteiger partial charge in [-0.25, -0.2) is 0 Å². The van der Waals surface area contributed by atoms with Gasteiger partial charge in [0.05, 0.1) is 6.61 Å². The Bertz CT molecular complexity index is 336. The molecule has 0 unspecified atom stereocenters. The number of nitrogen functional groups attached to an aromatic ring is 1. The van der Waals surface area contributed by atoms with E-state index >= 15 is 0 Å². The second-order valence-electron chi connectivity index (χ2n) is 4.49. The summed E-state index contributed by atoms with van der Waals surface area (Å²) < 4.78 is 5.63. The van der Waals surface area contributed by atoms with Crippen molar-refractivity contribution in [1.82, 2.24) is 4.90 Å². The first-order valence-corrected chi connectivity index (χ1v) is 5.94. The standard InChI is InChI=1S/C13H20N2O/c1-15(12-6-7-12)8-3-9-16-13-5-2-4-11(14)10-13/h2,4-5,10,12H,3,6-9,14H2,1H3. The van der Waals surface area contributed by atoms with Crippen molar-refractivity contribution < 1.29 is 4.74 Å². The average molecular weight is 220 g/mol. The van der Waals surface area contributed by atoms with E-state index in [2.05, 4.69) is 11.9 Å². The lowest BCUT2D eigenvalue weighted by Gasteiger charge is -2.15. The molecule has 1 aromatic rings. The van der Waals surface area contributed by atoms with Crippen molar-refractivity contribution in [3.05, 3.63) is 24.3 Å². The fraction of sp³-hybridized carbons (Fsp3) is 0.538. The maximum Gasteiger partial charge on any atom is 0.121 e. The minimum absolute atomic E-state index is 0.757. The molecule has 1 saturated carbocycles. The molecular formula is C13H20N2O. The quantitative estimate of drug-likeness (QED) is 0.589. The highest BCUT2D eigenvalue weighted by Crippen LogP contribution is 2.25. The summed E-state index contributed by atoms with van der Waals surface area (Å²) in [7, 11) is 2.19. The molecule has 2 rings (SSSR count). The van der Waals surface area contributed by atoms with Crippen LogP contribution in [0.5, 0.6) is 5.75 Å². The van der Waals surface area contributed by atoms with Gasteiger partial charge in [0, 0.05) is 24.3 Å². The molecule has 0 aromatic heterocycles. The number of nitrogens with two attached hydrogens (primary N) is 1. The van der Waals surface area contributed by atoms with Crippen LogP contribution in [0.1, 0.15) is 19.3 Å². The Balaban J connectivity index is 1.63. The number of benzene rings is 1. The van der Waals surface area contributed by atoms with Crippen molar-refractivity contribution in [2.45, 2.75) is 25.3 Å². The number of rotatable bonds is 6. The molecule has 2 N–H and O–H groups in total. The summed E-state index contributed by atoms with van der Waals surface area (Å²) in [5, 5.41) is 0. The van der Waals surface area contributed by atoms with Crippen LogP contribution in [0.25, 0.3) is 0 Å². The molecule has 16 heavy (non-hydrogen) atoms. The van der Waals surface area contributed by atoms with E-state index in [-0.39, 0.29) is 0 Å². The van der Waals surface area contributed by atoms with Gasteiger partial charge in [0.1, 0.15) is 5.75 Å². The monoisotopic (exact) mass is 220 g/mol. The molecule has 0 amide bonds. The molecule has 1 aliphatic rings. The van der Waals surface area contributed by atoms with Crippen molar-refractivity contribution in [3.8, 4) is 5.75 Å². The number of hydrogen-bond acceptors (Lipinski definition) is 3. The summed E-state index contributed by atoms with van der Waals surface area (Å²) in [5.74, 6) is 0.870. The third kappa shape index (κ3) is 3.42. The van der Waals surface area contributed by atoms with Gasteiger partial charge in [-0.3, -0.25) is 0 Å². The zero-order chi connectivity index (χ0) is 11.4. The predicted octanol–water partition coefficient (Wildman–Crippen LogP) is 2.13. The van der Waals surface area contributed by atoms with Gasteiger partial charge in [0.2, 0.25) is 0 Å². The highest BCUT2D eigenvalue weighted by Gasteiger charge is 2.25. The van der Waals surface area contributed by atoms with Gasteiger partial charge in [-0.1, -0.05) is 6.07 Å². The van der Waals surface area contributed by atoms with E-state index in [1.807, 2.05) is 24.3 Å². The summed E-state index contributed by atoms with van der Waals surface area (Å²) in [6, 6.07) is 8.44. The lowest BCUT2D eigenvalue weighted by Crippen LogP contribution is -2.23. The molecule has 1 fully saturated rings. The van der Waals surface area contributed by atoms with Gasteiger partial charge in [-0.05, 0) is 38.4 Å². The maximum absolute atomic E-state index is 5.67. The van der Waals surface area contributed by atoms with Gasteiger partial charge in [0.15, 0.2) is 0 Å². The van der Waals surface area contributed by atoms with Crippen molar-refractivity contribution >= 4 is 5.69 Å². The first kappa shape index (κ1) is 11.3. The predicted molar refractivity (Wildman–Crippen MR) is 66.6 cm³/mol. The molecule has 3 nitrogen and oxygen atoms in total. The lowest BCUT2D eigenvalue weighted by atomic mass is 10.3. The van der Waals surface area contributed by atoms with Crippen molar-refractivity contribution in [2.75, 3.05) is 25.9 Å². The van der Waals surface area contributed by atoms with Crippen LogP contribution in [0.3, 0.4) is 0 Å². The van der Waals surface area contributed by atoms with E-state index < -0.39 is 0 Å². The summed E-state index contributed by atoms with van der Waals surface area (Å²) in [6.45, 7) is 1.88. The molecule has 0 saturated heterocycles. The molecule has 0 aliphatic heterocycles. The van der Waals surface area contributed by atoms with Crippen molar-refractivity contribution in [2.24, 2.45) is 0 Å². The molecule has 0 radical (unpaired) electrons. The number of nitrogens with zero attached hydrogens (tertiary/aromatic N) is 1. The Labute approximate surface area is 97.2 Å². The Morgan fingerprint density at radius 2 is 2.25 bits per heavy atom. The molecule has 0 bridgehead atoms. The molecule has 88 valence electrons. The zero-order valence-corrected chi connectivity index (χ0v) is 9.86. The number of hydrogen-bond donors (Lipinski definition) is 1. The Hall–Kier alpha value is -1.22. The summed E-state index contributed by atoms with van der Waals surface area (Å²) in [4.78, 5) is 2.42. The highest BCUT2D eigenvalue weighted by molar-refractivity contribution is 5.43. The van der Waals surface area contributed by atoms with Gasteiger partial charge in [-0.15, -0.1) is 0 Å². The Morgan fingerprint density at radius 1 is 1.44 bits per heavy atom. The van der Waals surface area contributed by atoms with Gasteiger partial charge < -0.3 is 15.4 Å². The fourth-order valence-corrected chi connectivity index (χ4v) is 1.81. The van der Waals surface area contributed by atoms with E-state index in [4.69, 9.17) is 10.5 Å². The van der Waals surface area contributed by atoms with Crippen LogP contribution in [-0.2, 0) is 0 Å². The van der Waals surface area contributed by atoms with Gasteiger partial charge in [-0.2, -0.15) is 0 Å². The molecular weight excluding hydrogens is 200 g/mol. The van der Waals surface area contributed by atoms with E-state index in [0.29, 0.717) is 0 Å². The topological polar surface area (TPSA) is 38.5 Å². The fourth-order valence-electron chi connectivity index (χ4n) is 1.81. The average Bonchev–Trinajstić information content (AvgIpc) is 3.08. The largest absolute Gasteiger partial charge is 0.493 e. The van der Waals surface area contributed by atoms with Crippen LogP contribution in [0.15, 0.2) is 24.3 Å². The third-order valence-corrected chi connectivity index (χ3v) is 2.95.